The molecular formula is C7H10AsN. The molecule has 9 heavy (non-hydrogen) atoms. The number of hydrogen-bond donors (Lipinski definition) is 0. The minimum absolute atomic E-state index is 0.659. The van der Waals surface area contributed by atoms with Crippen LogP contribution in [0, 0.1) is 0 Å². The van der Waals surface area contributed by atoms with Crippen LogP contribution in [0.3, 0.4) is 0 Å². The van der Waals surface area contributed by atoms with Gasteiger partial charge in [-0.25, -0.2) is 0 Å². The normalized spacial score (nSPS) is 13.1. The molecule has 0 N–H and O–H groups in total. The zero-order valence-corrected chi connectivity index (χ0v) is 7.83. The number of rotatable bonds is 1. The Morgan fingerprint density at radius 1 is 1.67 bits per heavy atom. The van der Waals surface area contributed by atoms with E-state index in [1.807, 2.05) is 12.3 Å². The fraction of sp³-hybridized carbons (Fsp3) is 0.286. The van der Waals surface area contributed by atoms with Crippen molar-refractivity contribution in [2.75, 3.05) is 0 Å². The van der Waals surface area contributed by atoms with Gasteiger partial charge in [0.05, 0.1) is 0 Å². The van der Waals surface area contributed by atoms with Crippen LogP contribution < -0.4 is 0 Å². The summed E-state index contributed by atoms with van der Waals surface area (Å²) in [5.41, 5.74) is 1.33. The Morgan fingerprint density at radius 3 is 2.78 bits per heavy atom. The van der Waals surface area contributed by atoms with Crippen LogP contribution in [0.25, 0.3) is 0 Å². The Balaban J connectivity index is 2.85. The van der Waals surface area contributed by atoms with Gasteiger partial charge in [-0.2, -0.15) is 0 Å². The van der Waals surface area contributed by atoms with Crippen molar-refractivity contribution in [1.29, 1.82) is 0 Å². The number of aromatic nitrogens is 1. The second kappa shape index (κ2) is 3.03. The van der Waals surface area contributed by atoms with Crippen LogP contribution in [0.5, 0.6) is 0 Å². The van der Waals surface area contributed by atoms with Crippen LogP contribution in [0.15, 0.2) is 24.5 Å². The first kappa shape index (κ1) is 6.82. The Labute approximate surface area is 64.0 Å². The van der Waals surface area contributed by atoms with Crippen molar-refractivity contribution in [2.24, 2.45) is 0 Å². The van der Waals surface area contributed by atoms with E-state index >= 15 is 0 Å². The number of hydrogen-bond acceptors (Lipinski definition) is 1. The van der Waals surface area contributed by atoms with Gasteiger partial charge in [0, 0.05) is 0 Å². The molecule has 0 bridgehead atoms. The molecule has 0 aliphatic heterocycles. The van der Waals surface area contributed by atoms with Crippen LogP contribution in [0.1, 0.15) is 17.2 Å². The standard InChI is InChI=1S/C7H10AsN/c1-6(8)7-3-2-4-9-5-7/h2-6H,8H2,1H3. The summed E-state index contributed by atoms with van der Waals surface area (Å²) in [4.78, 5) is 4.02. The topological polar surface area (TPSA) is 12.9 Å². The summed E-state index contributed by atoms with van der Waals surface area (Å²) >= 11 is 1.74. The number of pyridine rings is 1. The molecule has 0 amide bonds. The van der Waals surface area contributed by atoms with E-state index in [9.17, 15) is 0 Å². The van der Waals surface area contributed by atoms with Crippen molar-refractivity contribution in [2.45, 2.75) is 11.6 Å². The fourth-order valence-corrected chi connectivity index (χ4v) is 1.06. The molecule has 0 radical (unpaired) electrons. The molecule has 2 heteroatoms. The first-order valence-corrected chi connectivity index (χ1v) is 4.36. The van der Waals surface area contributed by atoms with Gasteiger partial charge in [-0.05, 0) is 0 Å². The van der Waals surface area contributed by atoms with E-state index in [1.165, 1.54) is 5.56 Å². The van der Waals surface area contributed by atoms with Crippen LogP contribution in [0.4, 0.5) is 0 Å². The molecule has 0 saturated heterocycles. The van der Waals surface area contributed by atoms with Crippen molar-refractivity contribution in [3.8, 4) is 0 Å². The molecule has 0 aliphatic carbocycles. The van der Waals surface area contributed by atoms with Gasteiger partial charge >= 0.3 is 63.6 Å². The van der Waals surface area contributed by atoms with E-state index in [4.69, 9.17) is 0 Å². The second-order valence-electron chi connectivity index (χ2n) is 2.08. The molecule has 1 aromatic heterocycles. The quantitative estimate of drug-likeness (QED) is 0.586. The molecule has 1 rings (SSSR count). The van der Waals surface area contributed by atoms with Crippen LogP contribution >= 0.6 is 0 Å². The van der Waals surface area contributed by atoms with Crippen molar-refractivity contribution >= 4 is 16.9 Å². The molecule has 0 fully saturated rings. The van der Waals surface area contributed by atoms with Gasteiger partial charge in [0.25, 0.3) is 0 Å². The van der Waals surface area contributed by atoms with Crippen molar-refractivity contribution < 1.29 is 0 Å². The van der Waals surface area contributed by atoms with E-state index in [2.05, 4.69) is 18.0 Å². The Bertz CT molecular complexity index is 172. The summed E-state index contributed by atoms with van der Waals surface area (Å²) in [5, 5.41) is 0. The average molecular weight is 183 g/mol. The maximum atomic E-state index is 4.02. The van der Waals surface area contributed by atoms with Crippen molar-refractivity contribution in [3.63, 3.8) is 0 Å². The Kier molecular flexibility index (Phi) is 2.29. The van der Waals surface area contributed by atoms with E-state index in [0.29, 0.717) is 4.71 Å². The zero-order valence-electron chi connectivity index (χ0n) is 5.41. The zero-order chi connectivity index (χ0) is 6.69. The predicted molar refractivity (Wildman–Crippen MR) is 41.2 cm³/mol. The van der Waals surface area contributed by atoms with Crippen molar-refractivity contribution in [3.05, 3.63) is 30.1 Å². The summed E-state index contributed by atoms with van der Waals surface area (Å²) < 4.78 is 0.659. The molecule has 0 aromatic carbocycles. The van der Waals surface area contributed by atoms with Gasteiger partial charge in [0.1, 0.15) is 0 Å². The van der Waals surface area contributed by atoms with Crippen molar-refractivity contribution in [1.82, 2.24) is 4.98 Å². The monoisotopic (exact) mass is 183 g/mol. The maximum absolute atomic E-state index is 4.02. The van der Waals surface area contributed by atoms with E-state index in [1.54, 1.807) is 23.0 Å². The summed E-state index contributed by atoms with van der Waals surface area (Å²) in [5.74, 6) is 0. The summed E-state index contributed by atoms with van der Waals surface area (Å²) in [6, 6.07) is 4.09. The first-order valence-electron chi connectivity index (χ1n) is 2.96. The molecule has 48 valence electrons. The third-order valence-electron chi connectivity index (χ3n) is 1.21. The van der Waals surface area contributed by atoms with Crippen LogP contribution in [0.2, 0.25) is 0 Å². The molecule has 0 aliphatic rings. The minimum atomic E-state index is 0.659. The van der Waals surface area contributed by atoms with Gasteiger partial charge in [-0.1, -0.05) is 0 Å². The van der Waals surface area contributed by atoms with E-state index in [-0.39, 0.29) is 0 Å². The summed E-state index contributed by atoms with van der Waals surface area (Å²) in [6.07, 6.45) is 3.73. The molecule has 1 aromatic rings. The van der Waals surface area contributed by atoms with Gasteiger partial charge in [0.15, 0.2) is 0 Å². The van der Waals surface area contributed by atoms with Gasteiger partial charge in [-0.3, -0.25) is 0 Å². The molecule has 0 spiro atoms. The predicted octanol–water partition coefficient (Wildman–Crippen LogP) is 0.776. The fourth-order valence-electron chi connectivity index (χ4n) is 0.645. The summed E-state index contributed by atoms with van der Waals surface area (Å²) in [6.45, 7) is 2.19. The number of nitrogens with zero attached hydrogens (tertiary/aromatic N) is 1. The van der Waals surface area contributed by atoms with Crippen LogP contribution in [-0.2, 0) is 0 Å². The Morgan fingerprint density at radius 2 is 2.44 bits per heavy atom. The molecule has 2 atom stereocenters. The van der Waals surface area contributed by atoms with E-state index in [0.717, 1.165) is 0 Å². The molecular weight excluding hydrogens is 173 g/mol. The molecule has 2 unspecified atom stereocenters. The van der Waals surface area contributed by atoms with Gasteiger partial charge in [-0.15, -0.1) is 0 Å². The average Bonchev–Trinajstić information content (AvgIpc) is 1.90. The molecule has 0 saturated carbocycles. The van der Waals surface area contributed by atoms with Crippen LogP contribution in [-0.4, -0.2) is 21.8 Å². The van der Waals surface area contributed by atoms with Gasteiger partial charge in [0.2, 0.25) is 0 Å². The molecule has 1 heterocycles. The second-order valence-corrected chi connectivity index (χ2v) is 4.17. The van der Waals surface area contributed by atoms with Gasteiger partial charge < -0.3 is 0 Å². The SMILES string of the molecule is CC([AsH2])c1cccnc1. The third-order valence-corrected chi connectivity index (χ3v) is 2.02. The summed E-state index contributed by atoms with van der Waals surface area (Å²) in [7, 11) is 0. The molecule has 1 nitrogen and oxygen atoms in total. The Hall–Kier alpha value is -0.292. The third kappa shape index (κ3) is 1.83. The van der Waals surface area contributed by atoms with E-state index < -0.39 is 0 Å². The first-order chi connectivity index (χ1) is 4.30.